The van der Waals surface area contributed by atoms with Crippen LogP contribution in [0.5, 0.6) is 5.88 Å². The van der Waals surface area contributed by atoms with Crippen molar-refractivity contribution in [2.24, 2.45) is 4.99 Å². The topological polar surface area (TPSA) is 71.0 Å². The number of hydrogen-bond donors (Lipinski definition) is 2. The minimum absolute atomic E-state index is 0.270. The maximum atomic E-state index is 5.72. The molecule has 0 aliphatic heterocycles. The summed E-state index contributed by atoms with van der Waals surface area (Å²) in [5, 5.41) is 6.84. The Bertz CT molecular complexity index is 750. The van der Waals surface area contributed by atoms with Gasteiger partial charge in [-0.1, -0.05) is 50.2 Å². The number of ether oxygens (including phenoxy) is 2. The summed E-state index contributed by atoms with van der Waals surface area (Å²) in [7, 11) is 3.43. The van der Waals surface area contributed by atoms with Crippen molar-refractivity contribution in [3.8, 4) is 5.88 Å². The Morgan fingerprint density at radius 3 is 2.50 bits per heavy atom. The first-order valence-corrected chi connectivity index (χ1v) is 10.5. The fraction of sp³-hybridized carbons (Fsp3) is 0.478. The summed E-state index contributed by atoms with van der Waals surface area (Å²) >= 11 is 0. The van der Waals surface area contributed by atoms with Crippen molar-refractivity contribution in [3.05, 3.63) is 59.8 Å². The molecule has 1 aromatic heterocycles. The molecule has 1 unspecified atom stereocenters. The summed E-state index contributed by atoms with van der Waals surface area (Å²) in [4.78, 5) is 11.2. The first-order chi connectivity index (χ1) is 14.7. The van der Waals surface area contributed by atoms with Crippen molar-refractivity contribution in [1.82, 2.24) is 20.5 Å². The largest absolute Gasteiger partial charge is 0.475 e. The first kappa shape index (κ1) is 23.6. The van der Waals surface area contributed by atoms with Gasteiger partial charge < -0.3 is 20.1 Å². The maximum absolute atomic E-state index is 5.72. The molecule has 7 nitrogen and oxygen atoms in total. The molecule has 1 aromatic carbocycles. The van der Waals surface area contributed by atoms with Crippen molar-refractivity contribution < 1.29 is 9.47 Å². The Morgan fingerprint density at radius 1 is 1.07 bits per heavy atom. The van der Waals surface area contributed by atoms with E-state index in [2.05, 4.69) is 69.7 Å². The normalized spacial score (nSPS) is 12.6. The molecule has 0 aliphatic rings. The van der Waals surface area contributed by atoms with E-state index in [9.17, 15) is 0 Å². The van der Waals surface area contributed by atoms with Gasteiger partial charge in [-0.05, 0) is 24.7 Å². The average Bonchev–Trinajstić information content (AvgIpc) is 2.80. The van der Waals surface area contributed by atoms with E-state index in [1.165, 1.54) is 5.56 Å². The summed E-state index contributed by atoms with van der Waals surface area (Å²) in [6, 6.07) is 14.8. The Morgan fingerprint density at radius 2 is 1.83 bits per heavy atom. The smallest absolute Gasteiger partial charge is 0.218 e. The highest BCUT2D eigenvalue weighted by molar-refractivity contribution is 5.79. The minimum atomic E-state index is 0.270. The van der Waals surface area contributed by atoms with Crippen molar-refractivity contribution in [1.29, 1.82) is 0 Å². The van der Waals surface area contributed by atoms with E-state index >= 15 is 0 Å². The van der Waals surface area contributed by atoms with Crippen molar-refractivity contribution in [2.75, 3.05) is 47.0 Å². The number of benzene rings is 1. The lowest BCUT2D eigenvalue weighted by Crippen LogP contribution is -2.43. The van der Waals surface area contributed by atoms with Gasteiger partial charge >= 0.3 is 0 Å². The van der Waals surface area contributed by atoms with E-state index in [-0.39, 0.29) is 6.04 Å². The van der Waals surface area contributed by atoms with Crippen LogP contribution in [0.4, 0.5) is 0 Å². The van der Waals surface area contributed by atoms with E-state index in [1.807, 2.05) is 12.1 Å². The first-order valence-electron chi connectivity index (χ1n) is 10.5. The molecule has 0 fully saturated rings. The van der Waals surface area contributed by atoms with E-state index < -0.39 is 0 Å². The quantitative estimate of drug-likeness (QED) is 0.317. The third-order valence-electron chi connectivity index (χ3n) is 4.95. The van der Waals surface area contributed by atoms with Gasteiger partial charge in [0.2, 0.25) is 5.88 Å². The van der Waals surface area contributed by atoms with Crippen LogP contribution in [-0.4, -0.2) is 62.8 Å². The average molecular weight is 414 g/mol. The predicted molar refractivity (Wildman–Crippen MR) is 122 cm³/mol. The second kappa shape index (κ2) is 13.6. The molecule has 0 saturated carbocycles. The van der Waals surface area contributed by atoms with E-state index in [1.54, 1.807) is 20.4 Å². The SMILES string of the molecule is CCN(CC)C(CNC(=NC)NCc1cccnc1OCCOC)c1ccccc1. The summed E-state index contributed by atoms with van der Waals surface area (Å²) in [6.07, 6.45) is 1.73. The van der Waals surface area contributed by atoms with Crippen LogP contribution < -0.4 is 15.4 Å². The maximum Gasteiger partial charge on any atom is 0.218 e. The zero-order valence-corrected chi connectivity index (χ0v) is 18.6. The monoisotopic (exact) mass is 413 g/mol. The summed E-state index contributed by atoms with van der Waals surface area (Å²) < 4.78 is 10.8. The van der Waals surface area contributed by atoms with Crippen molar-refractivity contribution in [2.45, 2.75) is 26.4 Å². The van der Waals surface area contributed by atoms with Gasteiger partial charge in [0.05, 0.1) is 12.6 Å². The number of hydrogen-bond acceptors (Lipinski definition) is 5. The second-order valence-electron chi connectivity index (χ2n) is 6.76. The predicted octanol–water partition coefficient (Wildman–Crippen LogP) is 2.85. The number of methoxy groups -OCH3 is 1. The number of nitrogens with zero attached hydrogens (tertiary/aromatic N) is 3. The minimum Gasteiger partial charge on any atom is -0.475 e. The lowest BCUT2D eigenvalue weighted by atomic mass is 10.1. The van der Waals surface area contributed by atoms with Crippen LogP contribution in [0, 0.1) is 0 Å². The van der Waals surface area contributed by atoms with Gasteiger partial charge in [-0.25, -0.2) is 4.98 Å². The van der Waals surface area contributed by atoms with Gasteiger partial charge in [0, 0.05) is 39.0 Å². The molecule has 2 N–H and O–H groups in total. The Kier molecular flexibility index (Phi) is 10.7. The van der Waals surface area contributed by atoms with Crippen LogP contribution in [0.2, 0.25) is 0 Å². The van der Waals surface area contributed by atoms with Gasteiger partial charge in [0.25, 0.3) is 0 Å². The molecule has 7 heteroatoms. The van der Waals surface area contributed by atoms with Crippen LogP contribution in [0.25, 0.3) is 0 Å². The lowest BCUT2D eigenvalue weighted by molar-refractivity contribution is 0.143. The molecule has 0 amide bonds. The Labute approximate surface area is 180 Å². The van der Waals surface area contributed by atoms with E-state index in [0.717, 1.165) is 31.2 Å². The zero-order valence-electron chi connectivity index (χ0n) is 18.6. The summed E-state index contributed by atoms with van der Waals surface area (Å²) in [5.74, 6) is 1.36. The molecule has 2 aromatic rings. The van der Waals surface area contributed by atoms with Crippen LogP contribution in [0.15, 0.2) is 53.7 Å². The zero-order chi connectivity index (χ0) is 21.6. The molecule has 1 heterocycles. The number of pyridine rings is 1. The van der Waals surface area contributed by atoms with Gasteiger partial charge in [-0.3, -0.25) is 9.89 Å². The fourth-order valence-corrected chi connectivity index (χ4v) is 3.30. The summed E-state index contributed by atoms with van der Waals surface area (Å²) in [6.45, 7) is 8.69. The molecule has 0 radical (unpaired) electrons. The van der Waals surface area contributed by atoms with Crippen LogP contribution >= 0.6 is 0 Å². The molecule has 2 rings (SSSR count). The molecule has 0 saturated heterocycles. The number of nitrogens with one attached hydrogen (secondary N) is 2. The fourth-order valence-electron chi connectivity index (χ4n) is 3.30. The van der Waals surface area contributed by atoms with Crippen molar-refractivity contribution in [3.63, 3.8) is 0 Å². The highest BCUT2D eigenvalue weighted by Crippen LogP contribution is 2.19. The third kappa shape index (κ3) is 7.31. The third-order valence-corrected chi connectivity index (χ3v) is 4.95. The molecule has 0 bridgehead atoms. The number of aromatic nitrogens is 1. The summed E-state index contributed by atoms with van der Waals surface area (Å²) in [5.41, 5.74) is 2.27. The second-order valence-corrected chi connectivity index (χ2v) is 6.76. The van der Waals surface area contributed by atoms with Crippen LogP contribution in [0.3, 0.4) is 0 Å². The highest BCUT2D eigenvalue weighted by Gasteiger charge is 2.18. The Hall–Kier alpha value is -2.64. The number of guanidine groups is 1. The standard InChI is InChI=1S/C23H35N5O2/c1-5-28(6-2)21(19-11-8-7-9-12-19)18-27-23(24-3)26-17-20-13-10-14-25-22(20)30-16-15-29-4/h7-14,21H,5-6,15-18H2,1-4H3,(H2,24,26,27). The highest BCUT2D eigenvalue weighted by atomic mass is 16.5. The molecular weight excluding hydrogens is 378 g/mol. The number of likely N-dealkylation sites (N-methyl/N-ethyl adjacent to an activating group) is 1. The molecular formula is C23H35N5O2. The van der Waals surface area contributed by atoms with Gasteiger partial charge in [0.15, 0.2) is 5.96 Å². The number of aliphatic imine (C=N–C) groups is 1. The molecule has 1 atom stereocenters. The molecule has 30 heavy (non-hydrogen) atoms. The lowest BCUT2D eigenvalue weighted by Gasteiger charge is -2.30. The van der Waals surface area contributed by atoms with Crippen molar-refractivity contribution >= 4 is 5.96 Å². The van der Waals surface area contributed by atoms with Gasteiger partial charge in [0.1, 0.15) is 6.61 Å². The van der Waals surface area contributed by atoms with Crippen LogP contribution in [0.1, 0.15) is 31.0 Å². The molecule has 164 valence electrons. The van der Waals surface area contributed by atoms with Gasteiger partial charge in [-0.2, -0.15) is 0 Å². The van der Waals surface area contributed by atoms with Crippen LogP contribution in [-0.2, 0) is 11.3 Å². The van der Waals surface area contributed by atoms with E-state index in [4.69, 9.17) is 9.47 Å². The Balaban J connectivity index is 1.98. The van der Waals surface area contributed by atoms with E-state index in [0.29, 0.717) is 25.6 Å². The number of rotatable bonds is 12. The van der Waals surface area contributed by atoms with Gasteiger partial charge in [-0.15, -0.1) is 0 Å². The molecule has 0 aliphatic carbocycles. The molecule has 0 spiro atoms.